The van der Waals surface area contributed by atoms with Crippen LogP contribution >= 0.6 is 15.9 Å². The highest BCUT2D eigenvalue weighted by Gasteiger charge is 2.24. The van der Waals surface area contributed by atoms with Gasteiger partial charge in [0.05, 0.1) is 24.2 Å². The van der Waals surface area contributed by atoms with Crippen molar-refractivity contribution in [2.45, 2.75) is 12.6 Å². The van der Waals surface area contributed by atoms with Crippen molar-refractivity contribution >= 4 is 21.6 Å². The highest BCUT2D eigenvalue weighted by atomic mass is 79.9. The Kier molecular flexibility index (Phi) is 5.47. The number of benzene rings is 2. The van der Waals surface area contributed by atoms with Gasteiger partial charge in [-0.1, -0.05) is 33.2 Å². The molecule has 1 aromatic heterocycles. The summed E-state index contributed by atoms with van der Waals surface area (Å²) in [6.45, 7) is 2.65. The van der Waals surface area contributed by atoms with Gasteiger partial charge in [0.15, 0.2) is 0 Å². The van der Waals surface area contributed by atoms with Crippen molar-refractivity contribution in [1.29, 1.82) is 0 Å². The first kappa shape index (κ1) is 18.7. The molecule has 1 aliphatic rings. The molecule has 28 heavy (non-hydrogen) atoms. The van der Waals surface area contributed by atoms with E-state index < -0.39 is 4.92 Å². The monoisotopic (exact) mass is 444 g/mol. The molecule has 0 spiro atoms. The second-order valence-electron chi connectivity index (χ2n) is 6.47. The molecule has 0 bridgehead atoms. The Morgan fingerprint density at radius 3 is 2.82 bits per heavy atom. The molecule has 0 radical (unpaired) electrons. The Bertz CT molecular complexity index is 976. The second-order valence-corrected chi connectivity index (χ2v) is 7.38. The van der Waals surface area contributed by atoms with Crippen LogP contribution in [-0.2, 0) is 11.3 Å². The first-order chi connectivity index (χ1) is 13.6. The smallest absolute Gasteiger partial charge is 0.269 e. The maximum Gasteiger partial charge on any atom is 0.269 e. The molecule has 0 aliphatic carbocycles. The van der Waals surface area contributed by atoms with E-state index in [0.29, 0.717) is 30.4 Å². The minimum absolute atomic E-state index is 0.0108. The van der Waals surface area contributed by atoms with E-state index in [1.54, 1.807) is 12.1 Å². The quantitative estimate of drug-likeness (QED) is 0.433. The Morgan fingerprint density at radius 2 is 2.07 bits per heavy atom. The molecule has 4 rings (SSSR count). The highest BCUT2D eigenvalue weighted by Crippen LogP contribution is 2.26. The predicted molar refractivity (Wildman–Crippen MR) is 105 cm³/mol. The van der Waals surface area contributed by atoms with E-state index in [4.69, 9.17) is 9.26 Å². The molecule has 9 heteroatoms. The third kappa shape index (κ3) is 4.27. The largest absolute Gasteiger partial charge is 0.371 e. The number of rotatable bonds is 5. The summed E-state index contributed by atoms with van der Waals surface area (Å²) in [6, 6.07) is 14.2. The first-order valence-corrected chi connectivity index (χ1v) is 9.54. The number of nitro benzene ring substituents is 1. The Balaban J connectivity index is 1.42. The molecular formula is C19H17BrN4O4. The van der Waals surface area contributed by atoms with E-state index in [0.717, 1.165) is 23.1 Å². The van der Waals surface area contributed by atoms with Gasteiger partial charge in [-0.05, 0) is 29.8 Å². The summed E-state index contributed by atoms with van der Waals surface area (Å²) in [5.41, 5.74) is 1.82. The van der Waals surface area contributed by atoms with E-state index in [1.165, 1.54) is 12.1 Å². The molecule has 1 unspecified atom stereocenters. The van der Waals surface area contributed by atoms with Crippen LogP contribution in [0.5, 0.6) is 0 Å². The van der Waals surface area contributed by atoms with Crippen molar-refractivity contribution in [3.05, 3.63) is 74.6 Å². The van der Waals surface area contributed by atoms with Crippen LogP contribution in [0.4, 0.5) is 5.69 Å². The lowest BCUT2D eigenvalue weighted by atomic mass is 10.1. The molecule has 0 N–H and O–H groups in total. The van der Waals surface area contributed by atoms with E-state index in [1.807, 2.05) is 12.1 Å². The van der Waals surface area contributed by atoms with Gasteiger partial charge < -0.3 is 9.26 Å². The fourth-order valence-electron chi connectivity index (χ4n) is 3.11. The van der Waals surface area contributed by atoms with Gasteiger partial charge in [-0.3, -0.25) is 15.0 Å². The standard InChI is InChI=1S/C19H17BrN4O4/c20-15-3-1-2-14(10-15)17-11-23(8-9-27-17)12-18-21-19(22-28-18)13-4-6-16(7-5-13)24(25)26/h1-7,10,17H,8-9,11-12H2. The molecular weight excluding hydrogens is 428 g/mol. The van der Waals surface area contributed by atoms with Crippen molar-refractivity contribution in [1.82, 2.24) is 15.0 Å². The van der Waals surface area contributed by atoms with Crippen molar-refractivity contribution in [3.63, 3.8) is 0 Å². The zero-order chi connectivity index (χ0) is 19.5. The molecule has 2 heterocycles. The van der Waals surface area contributed by atoms with Gasteiger partial charge in [-0.15, -0.1) is 0 Å². The molecule has 8 nitrogen and oxygen atoms in total. The predicted octanol–water partition coefficient (Wildman–Crippen LogP) is 3.98. The van der Waals surface area contributed by atoms with Gasteiger partial charge in [0, 0.05) is 35.3 Å². The van der Waals surface area contributed by atoms with E-state index in [2.05, 4.69) is 43.1 Å². The minimum atomic E-state index is -0.439. The number of aromatic nitrogens is 2. The number of nitrogens with zero attached hydrogens (tertiary/aromatic N) is 4. The molecule has 3 aromatic rings. The summed E-state index contributed by atoms with van der Waals surface area (Å²) in [5.74, 6) is 0.921. The van der Waals surface area contributed by atoms with Crippen LogP contribution in [0.1, 0.15) is 17.6 Å². The Labute approximate surface area is 169 Å². The van der Waals surface area contributed by atoms with Crippen molar-refractivity contribution in [2.75, 3.05) is 19.7 Å². The van der Waals surface area contributed by atoms with E-state index in [-0.39, 0.29) is 11.8 Å². The number of hydrogen-bond donors (Lipinski definition) is 0. The van der Waals surface area contributed by atoms with Gasteiger partial charge >= 0.3 is 0 Å². The lowest BCUT2D eigenvalue weighted by molar-refractivity contribution is -0.384. The lowest BCUT2D eigenvalue weighted by Crippen LogP contribution is -2.37. The van der Waals surface area contributed by atoms with Gasteiger partial charge in [-0.2, -0.15) is 4.98 Å². The molecule has 2 aromatic carbocycles. The SMILES string of the molecule is O=[N+]([O-])c1ccc(-c2noc(CN3CCOC(c4cccc(Br)c4)C3)n2)cc1. The first-order valence-electron chi connectivity index (χ1n) is 8.75. The summed E-state index contributed by atoms with van der Waals surface area (Å²) >= 11 is 3.50. The molecule has 1 saturated heterocycles. The summed E-state index contributed by atoms with van der Waals surface area (Å²) in [7, 11) is 0. The average Bonchev–Trinajstić information content (AvgIpc) is 3.17. The van der Waals surface area contributed by atoms with Crippen molar-refractivity contribution in [2.24, 2.45) is 0 Å². The molecule has 0 amide bonds. The number of halogens is 1. The number of hydrogen-bond acceptors (Lipinski definition) is 7. The zero-order valence-corrected chi connectivity index (χ0v) is 16.4. The Hall–Kier alpha value is -2.62. The number of morpholine rings is 1. The highest BCUT2D eigenvalue weighted by molar-refractivity contribution is 9.10. The lowest BCUT2D eigenvalue weighted by Gasteiger charge is -2.32. The summed E-state index contributed by atoms with van der Waals surface area (Å²) in [6.07, 6.45) is -0.0108. The topological polar surface area (TPSA) is 94.5 Å². The van der Waals surface area contributed by atoms with Gasteiger partial charge in [0.2, 0.25) is 11.7 Å². The Morgan fingerprint density at radius 1 is 1.25 bits per heavy atom. The number of nitro groups is 1. The van der Waals surface area contributed by atoms with Gasteiger partial charge in [0.1, 0.15) is 0 Å². The maximum atomic E-state index is 10.8. The molecule has 1 fully saturated rings. The van der Waals surface area contributed by atoms with Crippen molar-refractivity contribution in [3.8, 4) is 11.4 Å². The third-order valence-electron chi connectivity index (χ3n) is 4.53. The summed E-state index contributed by atoms with van der Waals surface area (Å²) in [4.78, 5) is 17.0. The fraction of sp³-hybridized carbons (Fsp3) is 0.263. The van der Waals surface area contributed by atoms with Crippen LogP contribution in [0.2, 0.25) is 0 Å². The summed E-state index contributed by atoms with van der Waals surface area (Å²) in [5, 5.41) is 14.8. The van der Waals surface area contributed by atoms with E-state index >= 15 is 0 Å². The van der Waals surface area contributed by atoms with Crippen LogP contribution < -0.4 is 0 Å². The minimum Gasteiger partial charge on any atom is -0.371 e. The van der Waals surface area contributed by atoms with Gasteiger partial charge in [-0.25, -0.2) is 0 Å². The van der Waals surface area contributed by atoms with Crippen LogP contribution in [0.15, 0.2) is 57.5 Å². The van der Waals surface area contributed by atoms with Gasteiger partial charge in [0.25, 0.3) is 5.69 Å². The molecule has 144 valence electrons. The second kappa shape index (κ2) is 8.17. The normalized spacial score (nSPS) is 17.5. The van der Waals surface area contributed by atoms with Crippen LogP contribution in [0, 0.1) is 10.1 Å². The summed E-state index contributed by atoms with van der Waals surface area (Å²) < 4.78 is 12.3. The number of non-ortho nitro benzene ring substituents is 1. The fourth-order valence-corrected chi connectivity index (χ4v) is 3.53. The van der Waals surface area contributed by atoms with Crippen LogP contribution in [-0.4, -0.2) is 39.7 Å². The van der Waals surface area contributed by atoms with Crippen LogP contribution in [0.25, 0.3) is 11.4 Å². The van der Waals surface area contributed by atoms with Crippen LogP contribution in [0.3, 0.4) is 0 Å². The number of ether oxygens (including phenoxy) is 1. The molecule has 1 aliphatic heterocycles. The third-order valence-corrected chi connectivity index (χ3v) is 5.03. The molecule has 1 atom stereocenters. The van der Waals surface area contributed by atoms with E-state index in [9.17, 15) is 10.1 Å². The zero-order valence-electron chi connectivity index (χ0n) is 14.8. The maximum absolute atomic E-state index is 10.8. The average molecular weight is 445 g/mol. The van der Waals surface area contributed by atoms with Crippen molar-refractivity contribution < 1.29 is 14.2 Å². The molecule has 0 saturated carbocycles.